The van der Waals surface area contributed by atoms with E-state index in [-0.39, 0.29) is 12.0 Å². The molecular formula is C12H15NO3. The molecule has 0 saturated carbocycles. The van der Waals surface area contributed by atoms with Gasteiger partial charge in [0.05, 0.1) is 6.42 Å². The number of aliphatic carboxylic acids is 1. The zero-order valence-corrected chi connectivity index (χ0v) is 9.32. The summed E-state index contributed by atoms with van der Waals surface area (Å²) in [4.78, 5) is 22.5. The number of nitrogens with zero attached hydrogens (tertiary/aromatic N) is 1. The van der Waals surface area contributed by atoms with Crippen LogP contribution in [0.15, 0.2) is 10.9 Å². The van der Waals surface area contributed by atoms with Crippen molar-refractivity contribution in [1.82, 2.24) is 4.57 Å². The fraction of sp³-hybridized carbons (Fsp3) is 0.500. The lowest BCUT2D eigenvalue weighted by Gasteiger charge is -2.19. The number of carboxylic acid groups (broad SMARTS) is 1. The standard InChI is InChI=1S/C12H15NO3/c1-13-10-5-3-2-4-8(10)6-9(12(13)16)7-11(14)15/h6H,2-5,7H2,1H3,(H,14,15). The van der Waals surface area contributed by atoms with E-state index < -0.39 is 5.97 Å². The summed E-state index contributed by atoms with van der Waals surface area (Å²) in [5.74, 6) is -0.951. The van der Waals surface area contributed by atoms with Crippen molar-refractivity contribution in [2.75, 3.05) is 0 Å². The van der Waals surface area contributed by atoms with Crippen molar-refractivity contribution in [2.45, 2.75) is 32.1 Å². The normalized spacial score (nSPS) is 14.6. The van der Waals surface area contributed by atoms with E-state index in [0.29, 0.717) is 5.56 Å². The maximum atomic E-state index is 11.9. The van der Waals surface area contributed by atoms with Gasteiger partial charge in [-0.05, 0) is 37.3 Å². The summed E-state index contributed by atoms with van der Waals surface area (Å²) in [6.07, 6.45) is 3.93. The number of fused-ring (bicyclic) bond motifs is 1. The van der Waals surface area contributed by atoms with Crippen LogP contribution in [0.3, 0.4) is 0 Å². The highest BCUT2D eigenvalue weighted by atomic mass is 16.4. The summed E-state index contributed by atoms with van der Waals surface area (Å²) in [6.45, 7) is 0. The molecule has 0 atom stereocenters. The van der Waals surface area contributed by atoms with E-state index in [1.54, 1.807) is 17.7 Å². The van der Waals surface area contributed by atoms with Crippen molar-refractivity contribution >= 4 is 5.97 Å². The van der Waals surface area contributed by atoms with Gasteiger partial charge < -0.3 is 9.67 Å². The smallest absolute Gasteiger partial charge is 0.308 e. The molecule has 0 saturated heterocycles. The predicted octanol–water partition coefficient (Wildman–Crippen LogP) is 0.891. The molecule has 0 radical (unpaired) electrons. The highest BCUT2D eigenvalue weighted by Crippen LogP contribution is 2.20. The van der Waals surface area contributed by atoms with Gasteiger partial charge in [0.2, 0.25) is 0 Å². The Morgan fingerprint density at radius 3 is 2.81 bits per heavy atom. The van der Waals surface area contributed by atoms with E-state index in [4.69, 9.17) is 5.11 Å². The molecule has 86 valence electrons. The topological polar surface area (TPSA) is 59.3 Å². The number of aryl methyl sites for hydroxylation is 1. The average molecular weight is 221 g/mol. The second-order valence-corrected chi connectivity index (χ2v) is 4.28. The monoisotopic (exact) mass is 221 g/mol. The molecule has 2 rings (SSSR count). The lowest BCUT2D eigenvalue weighted by atomic mass is 9.94. The Bertz CT molecular complexity index is 488. The minimum atomic E-state index is -0.951. The van der Waals surface area contributed by atoms with Crippen LogP contribution in [0.25, 0.3) is 0 Å². The molecule has 4 nitrogen and oxygen atoms in total. The van der Waals surface area contributed by atoms with Crippen LogP contribution < -0.4 is 5.56 Å². The molecule has 0 spiro atoms. The Morgan fingerprint density at radius 2 is 2.12 bits per heavy atom. The van der Waals surface area contributed by atoms with Crippen molar-refractivity contribution in [3.63, 3.8) is 0 Å². The van der Waals surface area contributed by atoms with Crippen molar-refractivity contribution in [1.29, 1.82) is 0 Å². The van der Waals surface area contributed by atoms with Gasteiger partial charge >= 0.3 is 5.97 Å². The van der Waals surface area contributed by atoms with E-state index in [1.807, 2.05) is 0 Å². The van der Waals surface area contributed by atoms with Crippen molar-refractivity contribution in [2.24, 2.45) is 7.05 Å². The molecule has 0 unspecified atom stereocenters. The molecule has 1 aliphatic rings. The first-order valence-corrected chi connectivity index (χ1v) is 5.52. The Kier molecular flexibility index (Phi) is 2.81. The van der Waals surface area contributed by atoms with Gasteiger partial charge in [0, 0.05) is 18.3 Å². The SMILES string of the molecule is Cn1c2c(cc(CC(=O)O)c1=O)CCCC2. The first-order chi connectivity index (χ1) is 7.59. The zero-order chi connectivity index (χ0) is 11.7. The molecule has 1 aromatic heterocycles. The van der Waals surface area contributed by atoms with E-state index in [2.05, 4.69) is 0 Å². The quantitative estimate of drug-likeness (QED) is 0.806. The Morgan fingerprint density at radius 1 is 1.44 bits per heavy atom. The molecule has 0 amide bonds. The number of pyridine rings is 1. The van der Waals surface area contributed by atoms with Crippen LogP contribution in [-0.4, -0.2) is 15.6 Å². The first kappa shape index (κ1) is 10.9. The molecule has 1 aromatic rings. The number of aromatic nitrogens is 1. The summed E-state index contributed by atoms with van der Waals surface area (Å²) >= 11 is 0. The van der Waals surface area contributed by atoms with Crippen LogP contribution in [-0.2, 0) is 31.1 Å². The minimum Gasteiger partial charge on any atom is -0.481 e. The van der Waals surface area contributed by atoms with Gasteiger partial charge in [0.15, 0.2) is 0 Å². The van der Waals surface area contributed by atoms with Gasteiger partial charge in [-0.2, -0.15) is 0 Å². The number of carboxylic acids is 1. The third kappa shape index (κ3) is 1.87. The van der Waals surface area contributed by atoms with E-state index >= 15 is 0 Å². The summed E-state index contributed by atoms with van der Waals surface area (Å²) in [5.41, 5.74) is 2.45. The molecule has 1 aliphatic carbocycles. The second-order valence-electron chi connectivity index (χ2n) is 4.28. The largest absolute Gasteiger partial charge is 0.481 e. The molecular weight excluding hydrogens is 206 g/mol. The van der Waals surface area contributed by atoms with Crippen molar-refractivity contribution in [3.8, 4) is 0 Å². The van der Waals surface area contributed by atoms with Crippen LogP contribution in [0.2, 0.25) is 0 Å². The van der Waals surface area contributed by atoms with Crippen LogP contribution in [0.1, 0.15) is 29.7 Å². The molecule has 1 heterocycles. The predicted molar refractivity (Wildman–Crippen MR) is 59.7 cm³/mol. The summed E-state index contributed by atoms with van der Waals surface area (Å²) in [5, 5.41) is 8.74. The highest BCUT2D eigenvalue weighted by molar-refractivity contribution is 5.70. The number of hydrogen-bond acceptors (Lipinski definition) is 2. The van der Waals surface area contributed by atoms with Crippen molar-refractivity contribution < 1.29 is 9.90 Å². The lowest BCUT2D eigenvalue weighted by Crippen LogP contribution is -2.28. The van der Waals surface area contributed by atoms with Crippen LogP contribution >= 0.6 is 0 Å². The molecule has 0 aromatic carbocycles. The molecule has 4 heteroatoms. The van der Waals surface area contributed by atoms with Gasteiger partial charge in [-0.15, -0.1) is 0 Å². The van der Waals surface area contributed by atoms with Gasteiger partial charge in [-0.1, -0.05) is 0 Å². The maximum absolute atomic E-state index is 11.9. The Balaban J connectivity index is 2.52. The molecule has 0 fully saturated rings. The zero-order valence-electron chi connectivity index (χ0n) is 9.32. The number of rotatable bonds is 2. The van der Waals surface area contributed by atoms with Crippen LogP contribution in [0.4, 0.5) is 0 Å². The van der Waals surface area contributed by atoms with Crippen LogP contribution in [0, 0.1) is 0 Å². The van der Waals surface area contributed by atoms with Crippen LogP contribution in [0.5, 0.6) is 0 Å². The van der Waals surface area contributed by atoms with E-state index in [0.717, 1.165) is 36.9 Å². The first-order valence-electron chi connectivity index (χ1n) is 5.52. The summed E-state index contributed by atoms with van der Waals surface area (Å²) < 4.78 is 1.62. The number of hydrogen-bond donors (Lipinski definition) is 1. The van der Waals surface area contributed by atoms with Gasteiger partial charge in [-0.25, -0.2) is 0 Å². The second kappa shape index (κ2) is 4.12. The average Bonchev–Trinajstić information content (AvgIpc) is 2.25. The summed E-state index contributed by atoms with van der Waals surface area (Å²) in [6, 6.07) is 1.78. The fourth-order valence-corrected chi connectivity index (χ4v) is 2.35. The van der Waals surface area contributed by atoms with Gasteiger partial charge in [0.25, 0.3) is 5.56 Å². The molecule has 16 heavy (non-hydrogen) atoms. The molecule has 0 aliphatic heterocycles. The fourth-order valence-electron chi connectivity index (χ4n) is 2.35. The highest BCUT2D eigenvalue weighted by Gasteiger charge is 2.16. The van der Waals surface area contributed by atoms with Crippen molar-refractivity contribution in [3.05, 3.63) is 33.2 Å². The lowest BCUT2D eigenvalue weighted by molar-refractivity contribution is -0.136. The molecule has 1 N–H and O–H groups in total. The third-order valence-electron chi connectivity index (χ3n) is 3.15. The Labute approximate surface area is 93.5 Å². The van der Waals surface area contributed by atoms with E-state index in [1.165, 1.54) is 0 Å². The minimum absolute atomic E-state index is 0.164. The number of carbonyl (C=O) groups is 1. The van der Waals surface area contributed by atoms with Gasteiger partial charge in [-0.3, -0.25) is 9.59 Å². The maximum Gasteiger partial charge on any atom is 0.308 e. The van der Waals surface area contributed by atoms with Gasteiger partial charge in [0.1, 0.15) is 0 Å². The Hall–Kier alpha value is -1.58. The van der Waals surface area contributed by atoms with E-state index in [9.17, 15) is 9.59 Å². The summed E-state index contributed by atoms with van der Waals surface area (Å²) in [7, 11) is 1.73. The molecule has 0 bridgehead atoms. The third-order valence-corrected chi connectivity index (χ3v) is 3.15.